The Morgan fingerprint density at radius 1 is 1.45 bits per heavy atom. The molecule has 1 heterocycles. The summed E-state index contributed by atoms with van der Waals surface area (Å²) in [6, 6.07) is 7.94. The first-order valence-corrected chi connectivity index (χ1v) is 6.21. The van der Waals surface area contributed by atoms with Crippen molar-refractivity contribution in [2.24, 2.45) is 5.92 Å². The number of halogens is 3. The van der Waals surface area contributed by atoms with Gasteiger partial charge in [-0.2, -0.15) is 18.4 Å². The Morgan fingerprint density at radius 2 is 2.20 bits per heavy atom. The Morgan fingerprint density at radius 3 is 2.75 bits per heavy atom. The van der Waals surface area contributed by atoms with Crippen molar-refractivity contribution in [2.45, 2.75) is 24.6 Å². The minimum atomic E-state index is -4.38. The Labute approximate surface area is 114 Å². The molecule has 108 valence electrons. The first-order valence-electron chi connectivity index (χ1n) is 6.21. The molecule has 1 aliphatic rings. The summed E-state index contributed by atoms with van der Waals surface area (Å²) >= 11 is 0. The third kappa shape index (κ3) is 3.11. The molecule has 1 N–H and O–H groups in total. The molecular formula is C14H14F3NO2. The molecule has 3 nitrogen and oxygen atoms in total. The fourth-order valence-corrected chi connectivity index (χ4v) is 2.60. The third-order valence-electron chi connectivity index (χ3n) is 3.48. The highest BCUT2D eigenvalue weighted by molar-refractivity contribution is 5.36. The van der Waals surface area contributed by atoms with Crippen LogP contribution >= 0.6 is 0 Å². The van der Waals surface area contributed by atoms with E-state index in [0.717, 1.165) is 0 Å². The van der Waals surface area contributed by atoms with Gasteiger partial charge in [0.2, 0.25) is 0 Å². The van der Waals surface area contributed by atoms with Crippen molar-refractivity contribution < 1.29 is 23.0 Å². The highest BCUT2D eigenvalue weighted by atomic mass is 19.4. The molecule has 0 unspecified atom stereocenters. The van der Waals surface area contributed by atoms with Crippen LogP contribution < -0.4 is 0 Å². The van der Waals surface area contributed by atoms with Crippen LogP contribution in [0.1, 0.15) is 24.0 Å². The quantitative estimate of drug-likeness (QED) is 0.929. The van der Waals surface area contributed by atoms with Crippen molar-refractivity contribution in [3.8, 4) is 6.07 Å². The second-order valence-corrected chi connectivity index (χ2v) is 5.04. The zero-order valence-corrected chi connectivity index (χ0v) is 10.7. The standard InChI is InChI=1S/C14H14F3NO2/c15-14(16,17)9-13(5-11(7-19)8-20-13)12-3-1-2-10(4-12)6-18/h1-4,11,19H,5,7-9H2/t11-,13+/m1/s1. The van der Waals surface area contributed by atoms with E-state index in [0.29, 0.717) is 11.1 Å². The molecule has 2 rings (SSSR count). The number of hydrogen-bond acceptors (Lipinski definition) is 3. The van der Waals surface area contributed by atoms with Crippen LogP contribution in [0, 0.1) is 17.2 Å². The minimum absolute atomic E-state index is 0.0867. The summed E-state index contributed by atoms with van der Waals surface area (Å²) in [5, 5.41) is 18.0. The topological polar surface area (TPSA) is 53.2 Å². The fourth-order valence-electron chi connectivity index (χ4n) is 2.60. The zero-order valence-electron chi connectivity index (χ0n) is 10.7. The van der Waals surface area contributed by atoms with Crippen LogP contribution in [0.3, 0.4) is 0 Å². The van der Waals surface area contributed by atoms with Gasteiger partial charge in [-0.05, 0) is 24.1 Å². The van der Waals surface area contributed by atoms with Crippen molar-refractivity contribution in [3.63, 3.8) is 0 Å². The van der Waals surface area contributed by atoms with Gasteiger partial charge in [0.05, 0.1) is 24.7 Å². The van der Waals surface area contributed by atoms with Gasteiger partial charge in [-0.15, -0.1) is 0 Å². The normalized spacial score (nSPS) is 26.4. The van der Waals surface area contributed by atoms with E-state index >= 15 is 0 Å². The number of benzene rings is 1. The van der Waals surface area contributed by atoms with Crippen molar-refractivity contribution >= 4 is 0 Å². The lowest BCUT2D eigenvalue weighted by Gasteiger charge is -2.30. The Kier molecular flexibility index (Phi) is 4.02. The summed E-state index contributed by atoms with van der Waals surface area (Å²) in [7, 11) is 0. The van der Waals surface area contributed by atoms with E-state index in [1.165, 1.54) is 18.2 Å². The molecule has 1 saturated heterocycles. The van der Waals surface area contributed by atoms with Crippen LogP contribution in [0.5, 0.6) is 0 Å². The van der Waals surface area contributed by atoms with Crippen molar-refractivity contribution in [1.82, 2.24) is 0 Å². The van der Waals surface area contributed by atoms with Crippen LogP contribution in [-0.4, -0.2) is 24.5 Å². The predicted octanol–water partition coefficient (Wildman–Crippen LogP) is 2.73. The first-order chi connectivity index (χ1) is 9.38. The minimum Gasteiger partial charge on any atom is -0.396 e. The van der Waals surface area contributed by atoms with Crippen LogP contribution in [0.25, 0.3) is 0 Å². The largest absolute Gasteiger partial charge is 0.396 e. The predicted molar refractivity (Wildman–Crippen MR) is 64.7 cm³/mol. The lowest BCUT2D eigenvalue weighted by molar-refractivity contribution is -0.181. The van der Waals surface area contributed by atoms with E-state index < -0.39 is 18.2 Å². The molecule has 0 spiro atoms. The Hall–Kier alpha value is -1.58. The smallest absolute Gasteiger partial charge is 0.392 e. The number of hydrogen-bond donors (Lipinski definition) is 1. The Bertz CT molecular complexity index is 524. The summed E-state index contributed by atoms with van der Waals surface area (Å²) in [5.74, 6) is -0.317. The summed E-state index contributed by atoms with van der Waals surface area (Å²) in [4.78, 5) is 0. The molecule has 1 aliphatic heterocycles. The van der Waals surface area contributed by atoms with Crippen LogP contribution in [0.2, 0.25) is 0 Å². The van der Waals surface area contributed by atoms with E-state index in [1.54, 1.807) is 6.07 Å². The molecule has 0 saturated carbocycles. The van der Waals surface area contributed by atoms with Gasteiger partial charge in [0.25, 0.3) is 0 Å². The maximum absolute atomic E-state index is 12.8. The number of rotatable bonds is 3. The van der Waals surface area contributed by atoms with Gasteiger partial charge < -0.3 is 9.84 Å². The zero-order chi connectivity index (χ0) is 14.8. The molecule has 0 aliphatic carbocycles. The van der Waals surface area contributed by atoms with Gasteiger partial charge >= 0.3 is 6.18 Å². The van der Waals surface area contributed by atoms with Crippen LogP contribution in [-0.2, 0) is 10.3 Å². The summed E-state index contributed by atoms with van der Waals surface area (Å²) in [6.07, 6.45) is -5.41. The summed E-state index contributed by atoms with van der Waals surface area (Å²) in [6.45, 7) is -0.124. The second-order valence-electron chi connectivity index (χ2n) is 5.04. The number of ether oxygens (including phenoxy) is 1. The van der Waals surface area contributed by atoms with E-state index in [4.69, 9.17) is 15.1 Å². The summed E-state index contributed by atoms with van der Waals surface area (Å²) < 4.78 is 43.9. The van der Waals surface area contributed by atoms with Crippen LogP contribution in [0.15, 0.2) is 24.3 Å². The van der Waals surface area contributed by atoms with Gasteiger partial charge in [0, 0.05) is 12.5 Å². The SMILES string of the molecule is N#Cc1cccc([C@@]2(CC(F)(F)F)C[C@H](CO)CO2)c1. The third-order valence-corrected chi connectivity index (χ3v) is 3.48. The summed E-state index contributed by atoms with van der Waals surface area (Å²) in [5.41, 5.74) is -0.872. The highest BCUT2D eigenvalue weighted by Gasteiger charge is 2.49. The average Bonchev–Trinajstić information content (AvgIpc) is 2.81. The molecule has 0 amide bonds. The molecule has 1 aromatic carbocycles. The highest BCUT2D eigenvalue weighted by Crippen LogP contribution is 2.46. The second kappa shape index (κ2) is 5.43. The molecule has 0 bridgehead atoms. The van der Waals surface area contributed by atoms with Gasteiger partial charge in [0.15, 0.2) is 0 Å². The number of nitriles is 1. The van der Waals surface area contributed by atoms with Crippen molar-refractivity contribution in [1.29, 1.82) is 5.26 Å². The van der Waals surface area contributed by atoms with Crippen molar-refractivity contribution in [3.05, 3.63) is 35.4 Å². The monoisotopic (exact) mass is 285 g/mol. The van der Waals surface area contributed by atoms with Gasteiger partial charge in [-0.3, -0.25) is 0 Å². The lowest BCUT2D eigenvalue weighted by atomic mass is 9.84. The van der Waals surface area contributed by atoms with E-state index in [1.807, 2.05) is 6.07 Å². The van der Waals surface area contributed by atoms with E-state index in [9.17, 15) is 13.2 Å². The van der Waals surface area contributed by atoms with Crippen molar-refractivity contribution in [2.75, 3.05) is 13.2 Å². The maximum Gasteiger partial charge on any atom is 0.392 e. The van der Waals surface area contributed by atoms with Gasteiger partial charge in [-0.1, -0.05) is 12.1 Å². The maximum atomic E-state index is 12.8. The van der Waals surface area contributed by atoms with Gasteiger partial charge in [0.1, 0.15) is 5.60 Å². The molecule has 6 heteroatoms. The van der Waals surface area contributed by atoms with Crippen LogP contribution in [0.4, 0.5) is 13.2 Å². The fraction of sp³-hybridized carbons (Fsp3) is 0.500. The molecule has 2 atom stereocenters. The average molecular weight is 285 g/mol. The number of aliphatic hydroxyl groups is 1. The molecule has 1 aromatic rings. The molecular weight excluding hydrogens is 271 g/mol. The lowest BCUT2D eigenvalue weighted by Crippen LogP contribution is -2.32. The first kappa shape index (κ1) is 14.8. The van der Waals surface area contributed by atoms with E-state index in [2.05, 4.69) is 0 Å². The molecule has 1 fully saturated rings. The van der Waals surface area contributed by atoms with Gasteiger partial charge in [-0.25, -0.2) is 0 Å². The number of aliphatic hydroxyl groups excluding tert-OH is 1. The Balaban J connectivity index is 2.39. The molecule has 0 radical (unpaired) electrons. The number of nitrogens with zero attached hydrogens (tertiary/aromatic N) is 1. The molecule has 20 heavy (non-hydrogen) atoms. The number of alkyl halides is 3. The van der Waals surface area contributed by atoms with E-state index in [-0.39, 0.29) is 25.6 Å². The molecule has 0 aromatic heterocycles.